The van der Waals surface area contributed by atoms with Gasteiger partial charge in [-0.15, -0.1) is 5.10 Å². The molecule has 0 radical (unpaired) electrons. The lowest BCUT2D eigenvalue weighted by Gasteiger charge is -2.37. The molecule has 10 nitrogen and oxygen atoms in total. The highest BCUT2D eigenvalue weighted by molar-refractivity contribution is 5.38. The van der Waals surface area contributed by atoms with E-state index in [4.69, 9.17) is 9.47 Å². The number of ether oxygens (including phenoxy) is 2. The maximum absolute atomic E-state index is 12.8. The number of anilines is 1. The zero-order chi connectivity index (χ0) is 22.9. The van der Waals surface area contributed by atoms with E-state index in [2.05, 4.69) is 25.6 Å². The molecule has 4 unspecified atom stereocenters. The van der Waals surface area contributed by atoms with Crippen molar-refractivity contribution in [3.63, 3.8) is 0 Å². The Labute approximate surface area is 179 Å². The number of rotatable bonds is 5. The Bertz CT molecular complexity index is 1080. The van der Waals surface area contributed by atoms with Crippen molar-refractivity contribution in [2.45, 2.75) is 30.5 Å². The summed E-state index contributed by atoms with van der Waals surface area (Å²) in [5.41, 5.74) is -0.197. The summed E-state index contributed by atoms with van der Waals surface area (Å²) in [7, 11) is 1.54. The molecule has 3 heterocycles. The Kier molecular flexibility index (Phi) is 5.95. The van der Waals surface area contributed by atoms with E-state index < -0.39 is 36.2 Å². The standard InChI is InChI=1S/C19H19F3N6O4/c1-31-11-4-2-3-10(7-11)28-8-12(26-27-28)17-16(30)15(29)13(9-32-17)24-18-23-6-5-14(25-18)19(20,21)22/h2-8,13,15-17,29-30H,9H2,1H3,(H,23,24,25). The fraction of sp³-hybridized carbons (Fsp3) is 0.368. The van der Waals surface area contributed by atoms with E-state index >= 15 is 0 Å². The van der Waals surface area contributed by atoms with Gasteiger partial charge in [0.15, 0.2) is 0 Å². The Balaban J connectivity index is 1.46. The highest BCUT2D eigenvalue weighted by atomic mass is 19.4. The first-order valence-electron chi connectivity index (χ1n) is 9.47. The second kappa shape index (κ2) is 8.68. The fourth-order valence-corrected chi connectivity index (χ4v) is 3.25. The molecule has 1 saturated heterocycles. The molecule has 0 bridgehead atoms. The minimum absolute atomic E-state index is 0.144. The summed E-state index contributed by atoms with van der Waals surface area (Å²) in [6.45, 7) is -0.144. The lowest BCUT2D eigenvalue weighted by molar-refractivity contribution is -0.144. The highest BCUT2D eigenvalue weighted by Crippen LogP contribution is 2.30. The number of benzene rings is 1. The van der Waals surface area contributed by atoms with Crippen LogP contribution in [-0.2, 0) is 10.9 Å². The number of aliphatic hydroxyl groups is 2. The van der Waals surface area contributed by atoms with Gasteiger partial charge in [0.25, 0.3) is 0 Å². The monoisotopic (exact) mass is 452 g/mol. The fourth-order valence-electron chi connectivity index (χ4n) is 3.25. The molecule has 0 spiro atoms. The Hall–Kier alpha value is -3.29. The molecule has 0 saturated carbocycles. The van der Waals surface area contributed by atoms with Gasteiger partial charge in [-0.05, 0) is 18.2 Å². The van der Waals surface area contributed by atoms with Crippen molar-refractivity contribution in [2.24, 2.45) is 0 Å². The van der Waals surface area contributed by atoms with Crippen LogP contribution in [0.1, 0.15) is 17.5 Å². The van der Waals surface area contributed by atoms with Gasteiger partial charge < -0.3 is 25.0 Å². The third-order valence-corrected chi connectivity index (χ3v) is 4.91. The van der Waals surface area contributed by atoms with Crippen LogP contribution >= 0.6 is 0 Å². The average molecular weight is 452 g/mol. The molecule has 170 valence electrons. The van der Waals surface area contributed by atoms with Crippen LogP contribution < -0.4 is 10.1 Å². The number of methoxy groups -OCH3 is 1. The van der Waals surface area contributed by atoms with Gasteiger partial charge in [0.2, 0.25) is 5.95 Å². The molecular formula is C19H19F3N6O4. The number of hydrogen-bond acceptors (Lipinski definition) is 9. The van der Waals surface area contributed by atoms with Gasteiger partial charge in [-0.1, -0.05) is 11.3 Å². The summed E-state index contributed by atoms with van der Waals surface area (Å²) in [4.78, 5) is 7.12. The van der Waals surface area contributed by atoms with E-state index in [0.717, 1.165) is 12.3 Å². The number of nitrogens with one attached hydrogen (secondary N) is 1. The maximum Gasteiger partial charge on any atom is 0.433 e. The van der Waals surface area contributed by atoms with Crippen LogP contribution in [0.25, 0.3) is 5.69 Å². The Morgan fingerprint density at radius 2 is 2.03 bits per heavy atom. The van der Waals surface area contributed by atoms with Crippen molar-refractivity contribution in [3.8, 4) is 11.4 Å². The van der Waals surface area contributed by atoms with Crippen LogP contribution in [0.15, 0.2) is 42.7 Å². The van der Waals surface area contributed by atoms with Gasteiger partial charge in [-0.25, -0.2) is 14.6 Å². The van der Waals surface area contributed by atoms with Crippen molar-refractivity contribution in [1.29, 1.82) is 0 Å². The number of aromatic nitrogens is 5. The number of alkyl halides is 3. The zero-order valence-corrected chi connectivity index (χ0v) is 16.6. The largest absolute Gasteiger partial charge is 0.497 e. The number of nitrogens with zero attached hydrogens (tertiary/aromatic N) is 5. The Morgan fingerprint density at radius 1 is 1.22 bits per heavy atom. The molecule has 1 aliphatic rings. The molecular weight excluding hydrogens is 433 g/mol. The topological polar surface area (TPSA) is 127 Å². The number of halogens is 3. The number of hydrogen-bond donors (Lipinski definition) is 3. The molecule has 1 aromatic carbocycles. The molecule has 32 heavy (non-hydrogen) atoms. The van der Waals surface area contributed by atoms with E-state index in [1.807, 2.05) is 0 Å². The van der Waals surface area contributed by atoms with Crippen molar-refractivity contribution in [2.75, 3.05) is 19.0 Å². The Morgan fingerprint density at radius 3 is 2.78 bits per heavy atom. The first-order valence-corrected chi connectivity index (χ1v) is 9.47. The maximum atomic E-state index is 12.8. The summed E-state index contributed by atoms with van der Waals surface area (Å²) < 4.78 is 50.8. The summed E-state index contributed by atoms with van der Waals surface area (Å²) in [5.74, 6) is 0.275. The van der Waals surface area contributed by atoms with Gasteiger partial charge in [0.05, 0.1) is 31.6 Å². The molecule has 4 atom stereocenters. The van der Waals surface area contributed by atoms with Crippen LogP contribution in [0.5, 0.6) is 5.75 Å². The molecule has 3 aromatic rings. The molecule has 1 fully saturated rings. The average Bonchev–Trinajstić information content (AvgIpc) is 3.27. The molecule has 0 amide bonds. The minimum Gasteiger partial charge on any atom is -0.497 e. The van der Waals surface area contributed by atoms with Crippen molar-refractivity contribution in [3.05, 3.63) is 54.1 Å². The van der Waals surface area contributed by atoms with Crippen LogP contribution in [0.2, 0.25) is 0 Å². The lowest BCUT2D eigenvalue weighted by Crippen LogP contribution is -2.52. The van der Waals surface area contributed by atoms with E-state index in [1.165, 1.54) is 11.8 Å². The minimum atomic E-state index is -4.64. The van der Waals surface area contributed by atoms with Crippen molar-refractivity contribution in [1.82, 2.24) is 25.0 Å². The molecule has 4 rings (SSSR count). The molecule has 0 aliphatic carbocycles. The third kappa shape index (κ3) is 4.49. The smallest absolute Gasteiger partial charge is 0.433 e. The van der Waals surface area contributed by atoms with Crippen LogP contribution in [0.3, 0.4) is 0 Å². The number of aliphatic hydroxyl groups excluding tert-OH is 2. The first-order chi connectivity index (χ1) is 15.3. The molecule has 1 aliphatic heterocycles. The van der Waals surface area contributed by atoms with Crippen LogP contribution in [0.4, 0.5) is 19.1 Å². The van der Waals surface area contributed by atoms with Gasteiger partial charge in [-0.3, -0.25) is 0 Å². The SMILES string of the molecule is COc1cccc(-n2cc(C3OCC(Nc4nccc(C(F)(F)F)n4)C(O)C3O)nn2)c1. The quantitative estimate of drug-likeness (QED) is 0.526. The summed E-state index contributed by atoms with van der Waals surface area (Å²) in [5, 5.41) is 31.7. The normalized spacial score (nSPS) is 23.7. The summed E-state index contributed by atoms with van der Waals surface area (Å²) >= 11 is 0. The van der Waals surface area contributed by atoms with E-state index in [9.17, 15) is 23.4 Å². The van der Waals surface area contributed by atoms with Gasteiger partial charge in [-0.2, -0.15) is 13.2 Å². The molecule has 3 N–H and O–H groups in total. The zero-order valence-electron chi connectivity index (χ0n) is 16.6. The summed E-state index contributed by atoms with van der Waals surface area (Å²) in [6, 6.07) is 6.85. The second-order valence-electron chi connectivity index (χ2n) is 7.04. The van der Waals surface area contributed by atoms with Gasteiger partial charge in [0.1, 0.15) is 35.4 Å². The van der Waals surface area contributed by atoms with E-state index in [1.54, 1.807) is 30.5 Å². The van der Waals surface area contributed by atoms with Gasteiger partial charge in [0, 0.05) is 12.3 Å². The van der Waals surface area contributed by atoms with Crippen LogP contribution in [-0.4, -0.2) is 67.1 Å². The predicted octanol–water partition coefficient (Wildman–Crippen LogP) is 1.36. The molecule has 2 aromatic heterocycles. The predicted molar refractivity (Wildman–Crippen MR) is 103 cm³/mol. The first kappa shape index (κ1) is 21.9. The van der Waals surface area contributed by atoms with Crippen molar-refractivity contribution < 1.29 is 32.9 Å². The summed E-state index contributed by atoms with van der Waals surface area (Å²) in [6.07, 6.45) is -5.97. The molecule has 13 heteroatoms. The lowest BCUT2D eigenvalue weighted by atomic mass is 9.96. The van der Waals surface area contributed by atoms with Crippen LogP contribution in [0, 0.1) is 0 Å². The third-order valence-electron chi connectivity index (χ3n) is 4.91. The second-order valence-corrected chi connectivity index (χ2v) is 7.04. The highest BCUT2D eigenvalue weighted by Gasteiger charge is 2.41. The van der Waals surface area contributed by atoms with Gasteiger partial charge >= 0.3 is 6.18 Å². The van der Waals surface area contributed by atoms with E-state index in [0.29, 0.717) is 11.4 Å². The van der Waals surface area contributed by atoms with Crippen molar-refractivity contribution >= 4 is 5.95 Å². The van der Waals surface area contributed by atoms with E-state index in [-0.39, 0.29) is 18.2 Å².